The number of para-hydroxylation sites is 1. The minimum absolute atomic E-state index is 0.682. The highest BCUT2D eigenvalue weighted by Crippen LogP contribution is 2.34. The summed E-state index contributed by atoms with van der Waals surface area (Å²) in [6, 6.07) is 11.5. The van der Waals surface area contributed by atoms with Gasteiger partial charge < -0.3 is 11.1 Å². The summed E-state index contributed by atoms with van der Waals surface area (Å²) in [5.41, 5.74) is 8.29. The molecular formula is C14H10Br2N4. The fourth-order valence-electron chi connectivity index (χ4n) is 1.91. The summed E-state index contributed by atoms with van der Waals surface area (Å²) >= 11 is 7.05. The molecule has 0 aliphatic rings. The maximum Gasteiger partial charge on any atom is 0.141 e. The number of anilines is 3. The van der Waals surface area contributed by atoms with Crippen molar-refractivity contribution in [2.24, 2.45) is 0 Å². The van der Waals surface area contributed by atoms with Crippen LogP contribution in [0.5, 0.6) is 0 Å². The predicted molar refractivity (Wildman–Crippen MR) is 89.1 cm³/mol. The Morgan fingerprint density at radius 1 is 1.00 bits per heavy atom. The molecule has 0 aliphatic heterocycles. The van der Waals surface area contributed by atoms with Crippen LogP contribution >= 0.6 is 31.9 Å². The summed E-state index contributed by atoms with van der Waals surface area (Å²) in [7, 11) is 0. The molecular weight excluding hydrogens is 384 g/mol. The van der Waals surface area contributed by atoms with Crippen molar-refractivity contribution in [3.63, 3.8) is 0 Å². The number of benzene rings is 2. The van der Waals surface area contributed by atoms with Gasteiger partial charge in [0.1, 0.15) is 12.1 Å². The van der Waals surface area contributed by atoms with Gasteiger partial charge in [0.2, 0.25) is 0 Å². The average Bonchev–Trinajstić information content (AvgIpc) is 2.43. The number of fused-ring (bicyclic) bond motifs is 1. The van der Waals surface area contributed by atoms with Crippen molar-refractivity contribution in [2.75, 3.05) is 11.1 Å². The highest BCUT2D eigenvalue weighted by molar-refractivity contribution is 9.11. The Labute approximate surface area is 132 Å². The zero-order chi connectivity index (χ0) is 14.1. The number of nitrogens with one attached hydrogen (secondary N) is 1. The Morgan fingerprint density at radius 3 is 2.50 bits per heavy atom. The van der Waals surface area contributed by atoms with Gasteiger partial charge in [-0.25, -0.2) is 9.97 Å². The lowest BCUT2D eigenvalue weighted by molar-refractivity contribution is 1.22. The number of rotatable bonds is 2. The first-order valence-electron chi connectivity index (χ1n) is 5.86. The molecule has 4 nitrogen and oxygen atoms in total. The Hall–Kier alpha value is -1.66. The number of hydrogen-bond donors (Lipinski definition) is 2. The second-order valence-electron chi connectivity index (χ2n) is 4.22. The van der Waals surface area contributed by atoms with Gasteiger partial charge >= 0.3 is 0 Å². The molecule has 100 valence electrons. The minimum atomic E-state index is 0.682. The smallest absolute Gasteiger partial charge is 0.141 e. The van der Waals surface area contributed by atoms with E-state index in [1.54, 1.807) is 0 Å². The second-order valence-corrected chi connectivity index (χ2v) is 5.93. The van der Waals surface area contributed by atoms with Crippen LogP contribution in [0.1, 0.15) is 0 Å². The third-order valence-electron chi connectivity index (χ3n) is 2.87. The zero-order valence-corrected chi connectivity index (χ0v) is 13.4. The van der Waals surface area contributed by atoms with E-state index in [4.69, 9.17) is 5.73 Å². The first-order valence-corrected chi connectivity index (χ1v) is 7.45. The second kappa shape index (κ2) is 5.38. The molecule has 1 aromatic heterocycles. The highest BCUT2D eigenvalue weighted by Gasteiger charge is 2.09. The molecule has 0 radical (unpaired) electrons. The molecule has 0 spiro atoms. The molecule has 3 rings (SSSR count). The lowest BCUT2D eigenvalue weighted by Crippen LogP contribution is -1.98. The summed E-state index contributed by atoms with van der Waals surface area (Å²) in [5, 5.41) is 4.19. The molecule has 3 N–H and O–H groups in total. The molecule has 20 heavy (non-hydrogen) atoms. The standard InChI is InChI=1S/C14H10Br2N4/c15-10-2-1-3-11(16)13(10)20-14-9-6-8(17)4-5-12(9)18-7-19-14/h1-7H,17H2,(H,18,19,20). The number of halogens is 2. The predicted octanol–water partition coefficient (Wildman–Crippen LogP) is 4.48. The van der Waals surface area contributed by atoms with Crippen LogP contribution in [0.2, 0.25) is 0 Å². The highest BCUT2D eigenvalue weighted by atomic mass is 79.9. The quantitative estimate of drug-likeness (QED) is 0.630. The normalized spacial score (nSPS) is 10.7. The molecule has 1 heterocycles. The Balaban J connectivity index is 2.13. The van der Waals surface area contributed by atoms with E-state index in [0.29, 0.717) is 5.69 Å². The zero-order valence-electron chi connectivity index (χ0n) is 10.3. The van der Waals surface area contributed by atoms with Crippen LogP contribution in [0.15, 0.2) is 51.7 Å². The number of aromatic nitrogens is 2. The van der Waals surface area contributed by atoms with Gasteiger partial charge in [-0.15, -0.1) is 0 Å². The van der Waals surface area contributed by atoms with Gasteiger partial charge in [-0.05, 0) is 62.2 Å². The Morgan fingerprint density at radius 2 is 1.75 bits per heavy atom. The summed E-state index contributed by atoms with van der Waals surface area (Å²) in [6.07, 6.45) is 1.53. The minimum Gasteiger partial charge on any atom is -0.399 e. The van der Waals surface area contributed by atoms with Gasteiger partial charge in [0.05, 0.1) is 11.2 Å². The first-order chi connectivity index (χ1) is 9.65. The molecule has 0 saturated carbocycles. The number of nitrogen functional groups attached to an aromatic ring is 1. The monoisotopic (exact) mass is 392 g/mol. The van der Waals surface area contributed by atoms with E-state index in [9.17, 15) is 0 Å². The van der Waals surface area contributed by atoms with E-state index in [1.165, 1.54) is 6.33 Å². The Bertz CT molecular complexity index is 769. The molecule has 0 saturated heterocycles. The van der Waals surface area contributed by atoms with Gasteiger partial charge in [-0.2, -0.15) is 0 Å². The van der Waals surface area contributed by atoms with E-state index < -0.39 is 0 Å². The SMILES string of the molecule is Nc1ccc2ncnc(Nc3c(Br)cccc3Br)c2c1. The van der Waals surface area contributed by atoms with Gasteiger partial charge in [0.25, 0.3) is 0 Å². The molecule has 0 aliphatic carbocycles. The summed E-state index contributed by atoms with van der Waals surface area (Å²) in [5.74, 6) is 0.718. The number of hydrogen-bond acceptors (Lipinski definition) is 4. The van der Waals surface area contributed by atoms with Crippen molar-refractivity contribution in [1.82, 2.24) is 9.97 Å². The summed E-state index contributed by atoms with van der Waals surface area (Å²) in [6.45, 7) is 0. The molecule has 3 aromatic rings. The van der Waals surface area contributed by atoms with E-state index in [-0.39, 0.29) is 0 Å². The molecule has 0 bridgehead atoms. The number of nitrogens with zero attached hydrogens (tertiary/aromatic N) is 2. The molecule has 0 amide bonds. The van der Waals surface area contributed by atoms with Crippen molar-refractivity contribution in [2.45, 2.75) is 0 Å². The van der Waals surface area contributed by atoms with Gasteiger partial charge in [0, 0.05) is 20.0 Å². The van der Waals surface area contributed by atoms with E-state index in [1.807, 2.05) is 36.4 Å². The van der Waals surface area contributed by atoms with Crippen molar-refractivity contribution in [1.29, 1.82) is 0 Å². The van der Waals surface area contributed by atoms with E-state index in [2.05, 4.69) is 47.1 Å². The average molecular weight is 394 g/mol. The van der Waals surface area contributed by atoms with Gasteiger partial charge in [-0.3, -0.25) is 0 Å². The van der Waals surface area contributed by atoms with Crippen LogP contribution in [0.25, 0.3) is 10.9 Å². The number of nitrogens with two attached hydrogens (primary N) is 1. The Kier molecular flexibility index (Phi) is 3.58. The summed E-state index contributed by atoms with van der Waals surface area (Å²) < 4.78 is 1.89. The third kappa shape index (κ3) is 2.48. The maximum absolute atomic E-state index is 5.84. The van der Waals surface area contributed by atoms with E-state index in [0.717, 1.165) is 31.4 Å². The van der Waals surface area contributed by atoms with Crippen LogP contribution in [-0.4, -0.2) is 9.97 Å². The fraction of sp³-hybridized carbons (Fsp3) is 0. The van der Waals surface area contributed by atoms with Crippen molar-refractivity contribution in [3.05, 3.63) is 51.7 Å². The molecule has 0 atom stereocenters. The molecule has 2 aromatic carbocycles. The summed E-state index contributed by atoms with van der Waals surface area (Å²) in [4.78, 5) is 8.55. The van der Waals surface area contributed by atoms with Gasteiger partial charge in [0.15, 0.2) is 0 Å². The van der Waals surface area contributed by atoms with E-state index >= 15 is 0 Å². The first kappa shape index (κ1) is 13.3. The maximum atomic E-state index is 5.84. The molecule has 0 unspecified atom stereocenters. The fourth-order valence-corrected chi connectivity index (χ4v) is 3.11. The van der Waals surface area contributed by atoms with Crippen molar-refractivity contribution in [3.8, 4) is 0 Å². The van der Waals surface area contributed by atoms with Crippen LogP contribution in [0.4, 0.5) is 17.2 Å². The van der Waals surface area contributed by atoms with Crippen LogP contribution in [-0.2, 0) is 0 Å². The molecule has 6 heteroatoms. The topological polar surface area (TPSA) is 63.8 Å². The van der Waals surface area contributed by atoms with Crippen LogP contribution in [0, 0.1) is 0 Å². The van der Waals surface area contributed by atoms with Crippen molar-refractivity contribution < 1.29 is 0 Å². The lowest BCUT2D eigenvalue weighted by atomic mass is 10.2. The van der Waals surface area contributed by atoms with Gasteiger partial charge in [-0.1, -0.05) is 6.07 Å². The van der Waals surface area contributed by atoms with Crippen LogP contribution < -0.4 is 11.1 Å². The molecule has 0 fully saturated rings. The third-order valence-corrected chi connectivity index (χ3v) is 4.19. The van der Waals surface area contributed by atoms with Crippen LogP contribution in [0.3, 0.4) is 0 Å². The largest absolute Gasteiger partial charge is 0.399 e. The lowest BCUT2D eigenvalue weighted by Gasteiger charge is -2.12. The van der Waals surface area contributed by atoms with Crippen molar-refractivity contribution >= 4 is 60.0 Å².